The average molecular weight is 251 g/mol. The Kier molecular flexibility index (Phi) is 5.71. The summed E-state index contributed by atoms with van der Waals surface area (Å²) in [5.74, 6) is 0. The maximum atomic E-state index is 6.10. The molecule has 0 saturated carbocycles. The van der Waals surface area contributed by atoms with Gasteiger partial charge in [0.15, 0.2) is 0 Å². The molecule has 1 N–H and O–H groups in total. The zero-order chi connectivity index (χ0) is 12.8. The van der Waals surface area contributed by atoms with Gasteiger partial charge in [0.25, 0.3) is 0 Å². The Balaban J connectivity index is 2.02. The van der Waals surface area contributed by atoms with Crippen LogP contribution in [0.3, 0.4) is 0 Å². The third-order valence-electron chi connectivity index (χ3n) is 4.29. The Morgan fingerprint density at radius 1 is 1.28 bits per heavy atom. The monoisotopic (exact) mass is 251 g/mol. The van der Waals surface area contributed by atoms with Crippen LogP contribution in [0.1, 0.15) is 65.2 Å². The molecule has 1 aliphatic carbocycles. The fourth-order valence-corrected chi connectivity index (χ4v) is 3.30. The second kappa shape index (κ2) is 7.30. The van der Waals surface area contributed by atoms with Crippen molar-refractivity contribution in [3.8, 4) is 0 Å². The van der Waals surface area contributed by atoms with Crippen molar-refractivity contribution in [2.24, 2.45) is 0 Å². The minimum absolute atomic E-state index is 0.408. The van der Waals surface area contributed by atoms with E-state index in [4.69, 9.17) is 4.74 Å². The summed E-state index contributed by atoms with van der Waals surface area (Å²) in [6, 6.07) is 0.470. The lowest BCUT2D eigenvalue weighted by atomic mass is 9.91. The number of rotatable bonds is 4. The van der Waals surface area contributed by atoms with Crippen LogP contribution >= 0.6 is 0 Å². The molecular formula is C16H29NO. The molecular weight excluding hydrogens is 222 g/mol. The number of hydrogen-bond acceptors (Lipinski definition) is 2. The van der Waals surface area contributed by atoms with Crippen LogP contribution in [0.2, 0.25) is 0 Å². The zero-order valence-corrected chi connectivity index (χ0v) is 12.1. The van der Waals surface area contributed by atoms with Gasteiger partial charge in [-0.25, -0.2) is 0 Å². The quantitative estimate of drug-likeness (QED) is 0.767. The first-order chi connectivity index (χ1) is 8.81. The fourth-order valence-electron chi connectivity index (χ4n) is 3.30. The molecule has 0 bridgehead atoms. The number of nitrogens with one attached hydrogen (secondary N) is 1. The van der Waals surface area contributed by atoms with Gasteiger partial charge in [-0.2, -0.15) is 0 Å². The third-order valence-corrected chi connectivity index (χ3v) is 4.29. The van der Waals surface area contributed by atoms with Crippen LogP contribution in [0.4, 0.5) is 0 Å². The van der Waals surface area contributed by atoms with E-state index in [2.05, 4.69) is 25.2 Å². The van der Waals surface area contributed by atoms with Gasteiger partial charge in [-0.05, 0) is 52.0 Å². The summed E-state index contributed by atoms with van der Waals surface area (Å²) in [5.41, 5.74) is 1.62. The van der Waals surface area contributed by atoms with Crippen molar-refractivity contribution in [1.82, 2.24) is 5.32 Å². The van der Waals surface area contributed by atoms with E-state index >= 15 is 0 Å². The maximum absolute atomic E-state index is 6.10. The van der Waals surface area contributed by atoms with E-state index in [0.29, 0.717) is 18.2 Å². The molecule has 0 radical (unpaired) electrons. The molecule has 0 aromatic rings. The minimum Gasteiger partial charge on any atom is -0.373 e. The molecule has 3 unspecified atom stereocenters. The van der Waals surface area contributed by atoms with E-state index in [1.807, 2.05) is 0 Å². The molecule has 1 heterocycles. The summed E-state index contributed by atoms with van der Waals surface area (Å²) in [6.45, 7) is 5.45. The van der Waals surface area contributed by atoms with E-state index < -0.39 is 0 Å². The molecule has 1 aliphatic heterocycles. The molecule has 2 rings (SSSR count). The molecule has 0 aromatic heterocycles. The summed E-state index contributed by atoms with van der Waals surface area (Å²) < 4.78 is 6.10. The van der Waals surface area contributed by atoms with Crippen LogP contribution in [-0.2, 0) is 4.74 Å². The topological polar surface area (TPSA) is 21.3 Å². The first-order valence-corrected chi connectivity index (χ1v) is 7.89. The Labute approximate surface area is 112 Å². The predicted molar refractivity (Wildman–Crippen MR) is 76.8 cm³/mol. The van der Waals surface area contributed by atoms with Gasteiger partial charge in [-0.3, -0.25) is 0 Å². The highest BCUT2D eigenvalue weighted by atomic mass is 16.5. The van der Waals surface area contributed by atoms with Crippen molar-refractivity contribution >= 4 is 0 Å². The molecule has 18 heavy (non-hydrogen) atoms. The Morgan fingerprint density at radius 2 is 2.11 bits per heavy atom. The summed E-state index contributed by atoms with van der Waals surface area (Å²) in [6.07, 6.45) is 13.9. The Morgan fingerprint density at radius 3 is 2.83 bits per heavy atom. The molecule has 1 fully saturated rings. The Bertz CT molecular complexity index is 274. The molecule has 104 valence electrons. The summed E-state index contributed by atoms with van der Waals surface area (Å²) in [4.78, 5) is 0. The first kappa shape index (κ1) is 14.1. The third kappa shape index (κ3) is 3.83. The van der Waals surface area contributed by atoms with Crippen LogP contribution in [0.5, 0.6) is 0 Å². The normalized spacial score (nSPS) is 31.6. The van der Waals surface area contributed by atoms with E-state index in [1.54, 1.807) is 5.57 Å². The molecule has 0 spiro atoms. The molecule has 0 amide bonds. The molecule has 1 saturated heterocycles. The summed E-state index contributed by atoms with van der Waals surface area (Å²) in [5, 5.41) is 3.67. The number of allylic oxidation sites excluding steroid dienone is 1. The molecule has 2 aliphatic rings. The Hall–Kier alpha value is -0.340. The van der Waals surface area contributed by atoms with Crippen molar-refractivity contribution < 1.29 is 4.74 Å². The van der Waals surface area contributed by atoms with Crippen LogP contribution in [0.25, 0.3) is 0 Å². The summed E-state index contributed by atoms with van der Waals surface area (Å²) in [7, 11) is 0. The minimum atomic E-state index is 0.408. The van der Waals surface area contributed by atoms with Crippen LogP contribution < -0.4 is 5.32 Å². The van der Waals surface area contributed by atoms with Crippen molar-refractivity contribution in [3.05, 3.63) is 11.6 Å². The van der Waals surface area contributed by atoms with Crippen molar-refractivity contribution in [1.29, 1.82) is 0 Å². The van der Waals surface area contributed by atoms with Crippen molar-refractivity contribution in [3.63, 3.8) is 0 Å². The van der Waals surface area contributed by atoms with Crippen LogP contribution in [0, 0.1) is 0 Å². The molecule has 2 heteroatoms. The van der Waals surface area contributed by atoms with Gasteiger partial charge >= 0.3 is 0 Å². The average Bonchev–Trinajstić information content (AvgIpc) is 2.73. The van der Waals surface area contributed by atoms with Crippen molar-refractivity contribution in [2.45, 2.75) is 83.5 Å². The fraction of sp³-hybridized carbons (Fsp3) is 0.875. The smallest absolute Gasteiger partial charge is 0.0771 e. The molecule has 2 nitrogen and oxygen atoms in total. The van der Waals surface area contributed by atoms with Gasteiger partial charge in [0, 0.05) is 0 Å². The zero-order valence-electron chi connectivity index (χ0n) is 12.1. The second-order valence-corrected chi connectivity index (χ2v) is 5.83. The van der Waals surface area contributed by atoms with Gasteiger partial charge in [-0.1, -0.05) is 31.4 Å². The lowest BCUT2D eigenvalue weighted by Crippen LogP contribution is -2.41. The number of likely N-dealkylation sites (N-methyl/N-ethyl adjacent to an activating group) is 1. The highest BCUT2D eigenvalue weighted by molar-refractivity contribution is 5.15. The van der Waals surface area contributed by atoms with Gasteiger partial charge < -0.3 is 10.1 Å². The predicted octanol–water partition coefficient (Wildman–Crippen LogP) is 3.81. The second-order valence-electron chi connectivity index (χ2n) is 5.83. The largest absolute Gasteiger partial charge is 0.373 e. The highest BCUT2D eigenvalue weighted by Gasteiger charge is 2.31. The molecule has 3 atom stereocenters. The van der Waals surface area contributed by atoms with Gasteiger partial charge in [0.05, 0.1) is 18.2 Å². The maximum Gasteiger partial charge on any atom is 0.0771 e. The van der Waals surface area contributed by atoms with E-state index in [9.17, 15) is 0 Å². The summed E-state index contributed by atoms with van der Waals surface area (Å²) >= 11 is 0. The number of ether oxygens (including phenoxy) is 1. The standard InChI is InChI=1S/C16H29NO/c1-3-17-16(15-12-11-13(2)18-15)14-9-7-5-4-6-8-10-14/h9,13,15-17H,3-8,10-12H2,1-2H3. The van der Waals surface area contributed by atoms with E-state index in [-0.39, 0.29) is 0 Å². The first-order valence-electron chi connectivity index (χ1n) is 7.89. The number of hydrogen-bond donors (Lipinski definition) is 1. The van der Waals surface area contributed by atoms with Crippen LogP contribution in [-0.4, -0.2) is 24.8 Å². The van der Waals surface area contributed by atoms with Gasteiger partial charge in [0.1, 0.15) is 0 Å². The van der Waals surface area contributed by atoms with Gasteiger partial charge in [-0.15, -0.1) is 0 Å². The highest BCUT2D eigenvalue weighted by Crippen LogP contribution is 2.28. The van der Waals surface area contributed by atoms with E-state index in [1.165, 1.54) is 51.4 Å². The molecule has 0 aromatic carbocycles. The van der Waals surface area contributed by atoms with Crippen LogP contribution in [0.15, 0.2) is 11.6 Å². The lowest BCUT2D eigenvalue weighted by molar-refractivity contribution is 0.0391. The van der Waals surface area contributed by atoms with Gasteiger partial charge in [0.2, 0.25) is 0 Å². The lowest BCUT2D eigenvalue weighted by Gasteiger charge is -2.28. The SMILES string of the molecule is CCNC(C1=CCCCCCC1)C1CCC(C)O1. The van der Waals surface area contributed by atoms with E-state index in [0.717, 1.165) is 6.54 Å². The van der Waals surface area contributed by atoms with Crippen molar-refractivity contribution in [2.75, 3.05) is 6.54 Å².